The molecule has 0 aliphatic rings. The summed E-state index contributed by atoms with van der Waals surface area (Å²) in [4.78, 5) is 23.4. The Morgan fingerprint density at radius 1 is 1.00 bits per heavy atom. The predicted molar refractivity (Wildman–Crippen MR) is 109 cm³/mol. The van der Waals surface area contributed by atoms with Gasteiger partial charge in [0.2, 0.25) is 5.96 Å². The van der Waals surface area contributed by atoms with Gasteiger partial charge in [0, 0.05) is 30.1 Å². The molecular formula is C20H22N4O4. The van der Waals surface area contributed by atoms with Gasteiger partial charge in [-0.25, -0.2) is 9.79 Å². The number of benzene rings is 2. The summed E-state index contributed by atoms with van der Waals surface area (Å²) in [6, 6.07) is 12.3. The minimum atomic E-state index is -1.05. The molecule has 0 aromatic heterocycles. The van der Waals surface area contributed by atoms with E-state index in [4.69, 9.17) is 5.73 Å². The van der Waals surface area contributed by atoms with Crippen LogP contribution in [0.1, 0.15) is 24.0 Å². The molecule has 0 aliphatic heterocycles. The normalized spacial score (nSPS) is 13.2. The number of carboxylic acid groups (broad SMARTS) is 1. The quantitative estimate of drug-likeness (QED) is 0.315. The molecule has 0 fully saturated rings. The second-order valence-electron chi connectivity index (χ2n) is 5.89. The second kappa shape index (κ2) is 10.5. The number of aliphatic imine (C=N–C) groups is 3. The Balaban J connectivity index is 1.87. The Labute approximate surface area is 162 Å². The number of carboxylic acids is 1. The highest BCUT2D eigenvalue weighted by atomic mass is 16.4. The highest BCUT2D eigenvalue weighted by Crippen LogP contribution is 2.14. The van der Waals surface area contributed by atoms with Gasteiger partial charge in [-0.05, 0) is 37.1 Å². The van der Waals surface area contributed by atoms with E-state index in [1.807, 2.05) is 0 Å². The number of aliphatic carboxylic acids is 1. The average Bonchev–Trinajstić information content (AvgIpc) is 2.67. The van der Waals surface area contributed by atoms with Crippen LogP contribution in [0.3, 0.4) is 0 Å². The van der Waals surface area contributed by atoms with E-state index in [0.717, 1.165) is 0 Å². The molecule has 8 nitrogen and oxygen atoms in total. The summed E-state index contributed by atoms with van der Waals surface area (Å²) in [5, 5.41) is 28.6. The first kappa shape index (κ1) is 20.6. The summed E-state index contributed by atoms with van der Waals surface area (Å²) in [6.45, 7) is 0.292. The van der Waals surface area contributed by atoms with Crippen LogP contribution in [0.15, 0.2) is 63.5 Å². The largest absolute Gasteiger partial charge is 0.507 e. The standard InChI is InChI=1S/C20H22N4O4/c21-20(24-13-15-7-2-4-10-18(15)26)22-11-5-8-16(19(27)28)23-12-14-6-1-3-9-17(14)25/h1-4,6-7,9-10,12-13,16,25-26H,5,8,11H2,(H2,21,22)(H,27,28)/b23-12?,24-13+/t16-/m0/s1. The number of para-hydroxylation sites is 2. The SMILES string of the molecule is NC(=NCCC[C@H](N=Cc1ccccc1O)C(=O)O)/N=C/c1ccccc1O. The summed E-state index contributed by atoms with van der Waals surface area (Å²) in [5.41, 5.74) is 6.67. The number of carbonyl (C=O) groups is 1. The van der Waals surface area contributed by atoms with E-state index in [0.29, 0.717) is 24.1 Å². The van der Waals surface area contributed by atoms with Gasteiger partial charge in [-0.15, -0.1) is 0 Å². The molecule has 0 bridgehead atoms. The first-order valence-corrected chi connectivity index (χ1v) is 8.63. The molecule has 1 atom stereocenters. The average molecular weight is 382 g/mol. The van der Waals surface area contributed by atoms with E-state index >= 15 is 0 Å². The molecule has 0 unspecified atom stereocenters. The lowest BCUT2D eigenvalue weighted by Gasteiger charge is -2.06. The molecule has 5 N–H and O–H groups in total. The van der Waals surface area contributed by atoms with E-state index in [9.17, 15) is 20.1 Å². The zero-order chi connectivity index (χ0) is 20.4. The zero-order valence-corrected chi connectivity index (χ0v) is 15.1. The third kappa shape index (κ3) is 6.56. The van der Waals surface area contributed by atoms with Crippen molar-refractivity contribution in [2.24, 2.45) is 20.7 Å². The van der Waals surface area contributed by atoms with Gasteiger partial charge in [-0.1, -0.05) is 24.3 Å². The maximum Gasteiger partial charge on any atom is 0.328 e. The molecule has 2 aromatic carbocycles. The number of hydrogen-bond donors (Lipinski definition) is 4. The van der Waals surface area contributed by atoms with Crippen molar-refractivity contribution in [1.29, 1.82) is 0 Å². The topological polar surface area (TPSA) is 141 Å². The Bertz CT molecular complexity index is 893. The maximum absolute atomic E-state index is 11.3. The highest BCUT2D eigenvalue weighted by molar-refractivity contribution is 5.94. The second-order valence-corrected chi connectivity index (χ2v) is 5.89. The first-order valence-electron chi connectivity index (χ1n) is 8.63. The minimum Gasteiger partial charge on any atom is -0.507 e. The van der Waals surface area contributed by atoms with Crippen molar-refractivity contribution >= 4 is 24.4 Å². The number of rotatable bonds is 8. The third-order valence-electron chi connectivity index (χ3n) is 3.80. The van der Waals surface area contributed by atoms with Crippen LogP contribution < -0.4 is 5.73 Å². The summed E-state index contributed by atoms with van der Waals surface area (Å²) < 4.78 is 0. The molecular weight excluding hydrogens is 360 g/mol. The Hall–Kier alpha value is -3.68. The number of phenols is 2. The van der Waals surface area contributed by atoms with Crippen molar-refractivity contribution in [3.63, 3.8) is 0 Å². The van der Waals surface area contributed by atoms with Gasteiger partial charge in [0.1, 0.15) is 17.5 Å². The Kier molecular flexibility index (Phi) is 7.71. The molecule has 0 radical (unpaired) electrons. The number of aromatic hydroxyl groups is 2. The van der Waals surface area contributed by atoms with Crippen molar-refractivity contribution in [3.8, 4) is 11.5 Å². The van der Waals surface area contributed by atoms with E-state index < -0.39 is 12.0 Å². The van der Waals surface area contributed by atoms with Crippen LogP contribution in [-0.4, -0.2) is 52.3 Å². The highest BCUT2D eigenvalue weighted by Gasteiger charge is 2.14. The fraction of sp³-hybridized carbons (Fsp3) is 0.200. The van der Waals surface area contributed by atoms with Crippen molar-refractivity contribution in [2.75, 3.05) is 6.54 Å². The molecule has 0 amide bonds. The lowest BCUT2D eigenvalue weighted by molar-refractivity contribution is -0.138. The molecule has 0 spiro atoms. The molecule has 8 heteroatoms. The van der Waals surface area contributed by atoms with Gasteiger partial charge in [0.05, 0.1) is 0 Å². The van der Waals surface area contributed by atoms with Crippen molar-refractivity contribution in [2.45, 2.75) is 18.9 Å². The van der Waals surface area contributed by atoms with E-state index in [1.165, 1.54) is 24.6 Å². The number of nitrogens with zero attached hydrogens (tertiary/aromatic N) is 3. The Morgan fingerprint density at radius 2 is 1.57 bits per heavy atom. The van der Waals surface area contributed by atoms with E-state index in [2.05, 4.69) is 15.0 Å². The molecule has 28 heavy (non-hydrogen) atoms. The molecule has 0 saturated heterocycles. The van der Waals surface area contributed by atoms with Crippen LogP contribution in [0.5, 0.6) is 11.5 Å². The monoisotopic (exact) mass is 382 g/mol. The van der Waals surface area contributed by atoms with Gasteiger partial charge in [0.25, 0.3) is 0 Å². The summed E-state index contributed by atoms with van der Waals surface area (Å²) in [6.07, 6.45) is 3.47. The van der Waals surface area contributed by atoms with Crippen molar-refractivity contribution < 1.29 is 20.1 Å². The predicted octanol–water partition coefficient (Wildman–Crippen LogP) is 2.18. The third-order valence-corrected chi connectivity index (χ3v) is 3.80. The first-order chi connectivity index (χ1) is 13.5. The molecule has 146 valence electrons. The van der Waals surface area contributed by atoms with E-state index in [-0.39, 0.29) is 23.9 Å². The summed E-state index contributed by atoms with van der Waals surface area (Å²) in [5.74, 6) is -0.894. The Morgan fingerprint density at radius 3 is 2.14 bits per heavy atom. The molecule has 0 aliphatic carbocycles. The number of guanidine groups is 1. The van der Waals surface area contributed by atoms with Gasteiger partial charge in [-0.3, -0.25) is 9.98 Å². The number of nitrogens with two attached hydrogens (primary N) is 1. The fourth-order valence-electron chi connectivity index (χ4n) is 2.28. The molecule has 0 saturated carbocycles. The number of phenolic OH excluding ortho intramolecular Hbond substituents is 2. The van der Waals surface area contributed by atoms with Crippen LogP contribution in [-0.2, 0) is 4.79 Å². The van der Waals surface area contributed by atoms with Crippen molar-refractivity contribution in [1.82, 2.24) is 0 Å². The maximum atomic E-state index is 11.3. The van der Waals surface area contributed by atoms with Crippen LogP contribution in [0.4, 0.5) is 0 Å². The smallest absolute Gasteiger partial charge is 0.328 e. The molecule has 0 heterocycles. The zero-order valence-electron chi connectivity index (χ0n) is 15.1. The molecule has 2 aromatic rings. The van der Waals surface area contributed by atoms with Crippen LogP contribution in [0, 0.1) is 0 Å². The van der Waals surface area contributed by atoms with E-state index in [1.54, 1.807) is 36.4 Å². The fourth-order valence-corrected chi connectivity index (χ4v) is 2.28. The summed E-state index contributed by atoms with van der Waals surface area (Å²) >= 11 is 0. The summed E-state index contributed by atoms with van der Waals surface area (Å²) in [7, 11) is 0. The van der Waals surface area contributed by atoms with Gasteiger partial charge >= 0.3 is 5.97 Å². The lowest BCUT2D eigenvalue weighted by Crippen LogP contribution is -2.18. The van der Waals surface area contributed by atoms with Gasteiger partial charge in [-0.2, -0.15) is 0 Å². The molecule has 2 rings (SSSR count). The minimum absolute atomic E-state index is 0.0350. The van der Waals surface area contributed by atoms with Crippen molar-refractivity contribution in [3.05, 3.63) is 59.7 Å². The lowest BCUT2D eigenvalue weighted by atomic mass is 10.1. The van der Waals surface area contributed by atoms with Crippen LogP contribution in [0.2, 0.25) is 0 Å². The van der Waals surface area contributed by atoms with Crippen LogP contribution in [0.25, 0.3) is 0 Å². The number of hydrogen-bond acceptors (Lipinski definition) is 5. The van der Waals surface area contributed by atoms with Crippen LogP contribution >= 0.6 is 0 Å². The van der Waals surface area contributed by atoms with Gasteiger partial charge in [0.15, 0.2) is 0 Å². The van der Waals surface area contributed by atoms with Gasteiger partial charge < -0.3 is 21.1 Å².